The number of aromatic nitrogens is 2. The summed E-state index contributed by atoms with van der Waals surface area (Å²) in [5.41, 5.74) is 0. The lowest BCUT2D eigenvalue weighted by atomic mass is 10.2. The van der Waals surface area contributed by atoms with Gasteiger partial charge in [-0.2, -0.15) is 5.10 Å². The first kappa shape index (κ1) is 21.1. The maximum Gasteiger partial charge on any atom is 0.322 e. The molecule has 25 heavy (non-hydrogen) atoms. The number of aliphatic carboxylic acids is 1. The minimum absolute atomic E-state index is 0.129. The van der Waals surface area contributed by atoms with Crippen molar-refractivity contribution in [3.63, 3.8) is 0 Å². The van der Waals surface area contributed by atoms with Crippen LogP contribution in [0.3, 0.4) is 0 Å². The van der Waals surface area contributed by atoms with Gasteiger partial charge < -0.3 is 19.8 Å². The number of nitrogens with zero attached hydrogens (tertiary/aromatic N) is 2. The Kier molecular flexibility index (Phi) is 6.04. The Morgan fingerprint density at radius 3 is 2.16 bits per heavy atom. The van der Waals surface area contributed by atoms with Crippen molar-refractivity contribution in [1.82, 2.24) is 15.1 Å². The molecule has 0 fully saturated rings. The van der Waals surface area contributed by atoms with Crippen LogP contribution in [0.25, 0.3) is 0 Å². The number of aryl methyl sites for hydroxylation is 1. The lowest BCUT2D eigenvalue weighted by molar-refractivity contribution is -0.137. The largest absolute Gasteiger partial charge is 0.480 e. The van der Waals surface area contributed by atoms with E-state index in [2.05, 4.69) is 15.7 Å². The molecular weight excluding hydrogens is 343 g/mol. The van der Waals surface area contributed by atoms with Gasteiger partial charge >= 0.3 is 14.4 Å². The number of anilines is 1. The predicted octanol–water partition coefficient (Wildman–Crippen LogP) is 1.75. The van der Waals surface area contributed by atoms with Crippen LogP contribution < -0.4 is 16.0 Å². The molecule has 0 aliphatic rings. The second-order valence-corrected chi connectivity index (χ2v) is 13.1. The van der Waals surface area contributed by atoms with Gasteiger partial charge in [-0.05, 0) is 10.1 Å². The zero-order chi connectivity index (χ0) is 19.6. The molecule has 1 heterocycles. The molecule has 0 radical (unpaired) electrons. The zero-order valence-corrected chi connectivity index (χ0v) is 17.0. The lowest BCUT2D eigenvalue weighted by Crippen LogP contribution is -2.60. The van der Waals surface area contributed by atoms with Crippen molar-refractivity contribution in [3.8, 4) is 0 Å². The van der Waals surface area contributed by atoms with Gasteiger partial charge in [-0.15, -0.1) is 0 Å². The maximum absolute atomic E-state index is 16.3. The van der Waals surface area contributed by atoms with Crippen LogP contribution in [0.1, 0.15) is 41.5 Å². The summed E-state index contributed by atoms with van der Waals surface area (Å²) in [4.78, 5) is 22.0. The molecule has 0 spiro atoms. The molecule has 1 aromatic heterocycles. The summed E-state index contributed by atoms with van der Waals surface area (Å²) in [7, 11) is -1.76. The van der Waals surface area contributed by atoms with Crippen LogP contribution in [-0.4, -0.2) is 48.3 Å². The van der Waals surface area contributed by atoms with Gasteiger partial charge in [0.05, 0.1) is 11.9 Å². The van der Waals surface area contributed by atoms with Crippen molar-refractivity contribution in [2.24, 2.45) is 7.05 Å². The SMILES string of the molecule is Cn1nc(NCC(=O)NCC(=O)O)cc1[Si](F)(C(C)(C)C)C(C)(C)C. The molecule has 7 nitrogen and oxygen atoms in total. The number of halogens is 1. The maximum atomic E-state index is 16.3. The quantitative estimate of drug-likeness (QED) is 0.522. The van der Waals surface area contributed by atoms with Crippen molar-refractivity contribution in [2.45, 2.75) is 51.6 Å². The minimum atomic E-state index is -3.46. The summed E-state index contributed by atoms with van der Waals surface area (Å²) < 4.78 is 17.9. The number of amides is 1. The van der Waals surface area contributed by atoms with Gasteiger partial charge in [0.2, 0.25) is 5.91 Å². The van der Waals surface area contributed by atoms with Crippen LogP contribution in [0.15, 0.2) is 6.07 Å². The molecule has 3 N–H and O–H groups in total. The zero-order valence-electron chi connectivity index (χ0n) is 16.0. The third-order valence-electron chi connectivity index (χ3n) is 4.17. The topological polar surface area (TPSA) is 96.3 Å². The van der Waals surface area contributed by atoms with E-state index < -0.39 is 36.9 Å². The summed E-state index contributed by atoms with van der Waals surface area (Å²) in [6, 6.07) is 1.66. The number of carbonyl (C=O) groups excluding carboxylic acids is 1. The van der Waals surface area contributed by atoms with E-state index in [1.807, 2.05) is 41.5 Å². The van der Waals surface area contributed by atoms with Crippen LogP contribution in [0.2, 0.25) is 10.1 Å². The van der Waals surface area contributed by atoms with Crippen LogP contribution >= 0.6 is 0 Å². The monoisotopic (exact) mass is 372 g/mol. The van der Waals surface area contributed by atoms with E-state index in [0.717, 1.165) is 0 Å². The minimum Gasteiger partial charge on any atom is -0.480 e. The van der Waals surface area contributed by atoms with Gasteiger partial charge in [-0.25, -0.2) is 0 Å². The molecule has 1 amide bonds. The Morgan fingerprint density at radius 2 is 1.72 bits per heavy atom. The van der Waals surface area contributed by atoms with E-state index >= 15 is 4.11 Å². The number of hydrogen-bond acceptors (Lipinski definition) is 4. The summed E-state index contributed by atoms with van der Waals surface area (Å²) in [6.07, 6.45) is 0. The average molecular weight is 373 g/mol. The third kappa shape index (κ3) is 4.59. The number of hydrogen-bond donors (Lipinski definition) is 3. The molecular formula is C16H29FN4O3Si. The first-order valence-corrected chi connectivity index (χ1v) is 10.0. The molecule has 0 aliphatic heterocycles. The Labute approximate surface area is 149 Å². The third-order valence-corrected chi connectivity index (χ3v) is 9.47. The fourth-order valence-corrected chi connectivity index (χ4v) is 7.80. The standard InChI is InChI=1S/C16H29FN4O3Si/c1-15(2,3)25(17,16(4,5)6)13-8-11(20-21(13)7)18-9-12(22)19-10-14(23)24/h8H,9-10H2,1-7H3,(H,18,20)(H,19,22)(H,23,24). The van der Waals surface area contributed by atoms with Crippen molar-refractivity contribution < 1.29 is 18.8 Å². The Bertz CT molecular complexity index is 633. The number of carbonyl (C=O) groups is 2. The average Bonchev–Trinajstić information content (AvgIpc) is 2.80. The molecule has 0 aromatic carbocycles. The molecule has 1 aromatic rings. The molecule has 0 unspecified atom stereocenters. The fraction of sp³-hybridized carbons (Fsp3) is 0.688. The van der Waals surface area contributed by atoms with Gasteiger partial charge in [-0.1, -0.05) is 41.5 Å². The Hall–Kier alpha value is -1.90. The molecule has 0 aliphatic carbocycles. The highest BCUT2D eigenvalue weighted by atomic mass is 28.4. The normalized spacial score (nSPS) is 12.8. The summed E-state index contributed by atoms with van der Waals surface area (Å²) >= 11 is 0. The van der Waals surface area contributed by atoms with Crippen molar-refractivity contribution in [2.75, 3.05) is 18.4 Å². The van der Waals surface area contributed by atoms with E-state index in [9.17, 15) is 9.59 Å². The number of rotatable bonds is 6. The van der Waals surface area contributed by atoms with Crippen molar-refractivity contribution >= 4 is 31.4 Å². The van der Waals surface area contributed by atoms with Gasteiger partial charge in [-0.3, -0.25) is 14.3 Å². The fourth-order valence-electron chi connectivity index (χ4n) is 3.18. The van der Waals surface area contributed by atoms with Crippen LogP contribution in [0, 0.1) is 0 Å². The van der Waals surface area contributed by atoms with Crippen LogP contribution in [-0.2, 0) is 16.6 Å². The second kappa shape index (κ2) is 7.15. The summed E-state index contributed by atoms with van der Waals surface area (Å²) in [6.45, 7) is 10.9. The molecule has 142 valence electrons. The number of carboxylic acids is 1. The smallest absolute Gasteiger partial charge is 0.322 e. The van der Waals surface area contributed by atoms with Crippen LogP contribution in [0.4, 0.5) is 9.93 Å². The van der Waals surface area contributed by atoms with E-state index in [-0.39, 0.29) is 6.54 Å². The molecule has 0 bridgehead atoms. The molecule has 9 heteroatoms. The van der Waals surface area contributed by atoms with Gasteiger partial charge in [0.25, 0.3) is 0 Å². The van der Waals surface area contributed by atoms with Crippen LogP contribution in [0.5, 0.6) is 0 Å². The summed E-state index contributed by atoms with van der Waals surface area (Å²) in [5, 5.41) is 17.4. The molecule has 0 saturated heterocycles. The van der Waals surface area contributed by atoms with Gasteiger partial charge in [0, 0.05) is 13.1 Å². The van der Waals surface area contributed by atoms with Gasteiger partial charge in [0.1, 0.15) is 12.4 Å². The van der Waals surface area contributed by atoms with E-state index in [4.69, 9.17) is 5.11 Å². The highest BCUT2D eigenvalue weighted by molar-refractivity contribution is 6.90. The predicted molar refractivity (Wildman–Crippen MR) is 98.3 cm³/mol. The van der Waals surface area contributed by atoms with E-state index in [1.54, 1.807) is 17.8 Å². The molecule has 1 rings (SSSR count). The lowest BCUT2D eigenvalue weighted by Gasteiger charge is -2.44. The second-order valence-electron chi connectivity index (χ2n) is 8.22. The Morgan fingerprint density at radius 1 is 1.20 bits per heavy atom. The van der Waals surface area contributed by atoms with Crippen molar-refractivity contribution in [3.05, 3.63) is 6.07 Å². The van der Waals surface area contributed by atoms with Crippen molar-refractivity contribution in [1.29, 1.82) is 0 Å². The number of nitrogens with one attached hydrogen (secondary N) is 2. The Balaban J connectivity index is 3.02. The first-order chi connectivity index (χ1) is 11.2. The highest BCUT2D eigenvalue weighted by Crippen LogP contribution is 2.51. The van der Waals surface area contributed by atoms with E-state index in [0.29, 0.717) is 11.1 Å². The highest BCUT2D eigenvalue weighted by Gasteiger charge is 2.58. The van der Waals surface area contributed by atoms with E-state index in [1.165, 1.54) is 0 Å². The van der Waals surface area contributed by atoms with Gasteiger partial charge in [0.15, 0.2) is 0 Å². The molecule has 0 atom stereocenters. The first-order valence-electron chi connectivity index (χ1n) is 8.16. The summed E-state index contributed by atoms with van der Waals surface area (Å²) in [5.74, 6) is -1.19. The number of carboxylic acid groups (broad SMARTS) is 1. The molecule has 0 saturated carbocycles.